The van der Waals surface area contributed by atoms with Gasteiger partial charge in [-0.05, 0) is 24.3 Å². The van der Waals surface area contributed by atoms with E-state index in [1.54, 1.807) is 48.5 Å². The van der Waals surface area contributed by atoms with Gasteiger partial charge < -0.3 is 14.2 Å². The molecule has 32 heavy (non-hydrogen) atoms. The van der Waals surface area contributed by atoms with Crippen molar-refractivity contribution in [3.8, 4) is 28.6 Å². The van der Waals surface area contributed by atoms with Crippen molar-refractivity contribution >= 4 is 11.9 Å². The molecule has 0 N–H and O–H groups in total. The van der Waals surface area contributed by atoms with Crippen LogP contribution in [-0.2, 0) is 9.47 Å². The molecule has 0 bridgehead atoms. The van der Waals surface area contributed by atoms with E-state index in [0.717, 1.165) is 0 Å². The van der Waals surface area contributed by atoms with Crippen molar-refractivity contribution in [1.82, 2.24) is 19.7 Å². The van der Waals surface area contributed by atoms with Crippen LogP contribution < -0.4 is 4.74 Å². The Morgan fingerprint density at radius 3 is 2.38 bits per heavy atom. The number of benzene rings is 2. The summed E-state index contributed by atoms with van der Waals surface area (Å²) in [7, 11) is 2.47. The summed E-state index contributed by atoms with van der Waals surface area (Å²) < 4.78 is 17.0. The third kappa shape index (κ3) is 4.04. The van der Waals surface area contributed by atoms with Gasteiger partial charge in [0.15, 0.2) is 5.69 Å². The fourth-order valence-corrected chi connectivity index (χ4v) is 3.12. The third-order valence-electron chi connectivity index (χ3n) is 4.52. The summed E-state index contributed by atoms with van der Waals surface area (Å²) in [5.74, 6) is -0.682. The number of hydrogen-bond donors (Lipinski definition) is 0. The first-order chi connectivity index (χ1) is 15.6. The smallest absolute Gasteiger partial charge is 0.357 e. The van der Waals surface area contributed by atoms with E-state index in [1.807, 2.05) is 6.07 Å². The summed E-state index contributed by atoms with van der Waals surface area (Å²) in [6, 6.07) is 15.8. The second-order valence-corrected chi connectivity index (χ2v) is 6.48. The molecule has 0 saturated heterocycles. The van der Waals surface area contributed by atoms with Crippen molar-refractivity contribution < 1.29 is 23.8 Å². The van der Waals surface area contributed by atoms with Crippen LogP contribution in [0.5, 0.6) is 11.6 Å². The van der Waals surface area contributed by atoms with E-state index in [-0.39, 0.29) is 17.0 Å². The molecule has 2 aromatic carbocycles. The number of carbonyl (C=O) groups excluding carboxylic acids is 2. The summed E-state index contributed by atoms with van der Waals surface area (Å²) in [6.45, 7) is 0. The number of methoxy groups -OCH3 is 2. The minimum atomic E-state index is -0.722. The van der Waals surface area contributed by atoms with Crippen molar-refractivity contribution in [2.24, 2.45) is 0 Å². The predicted molar refractivity (Wildman–Crippen MR) is 114 cm³/mol. The van der Waals surface area contributed by atoms with Gasteiger partial charge in [-0.15, -0.1) is 0 Å². The number of hydrogen-bond acceptors (Lipinski definition) is 8. The van der Waals surface area contributed by atoms with Crippen LogP contribution in [0.15, 0.2) is 73.2 Å². The van der Waals surface area contributed by atoms with Crippen LogP contribution >= 0.6 is 0 Å². The second kappa shape index (κ2) is 9.09. The maximum absolute atomic E-state index is 12.7. The summed E-state index contributed by atoms with van der Waals surface area (Å²) in [6.07, 6.45) is 4.53. The Bertz CT molecular complexity index is 1260. The van der Waals surface area contributed by atoms with Crippen LogP contribution in [0.2, 0.25) is 0 Å². The summed E-state index contributed by atoms with van der Waals surface area (Å²) in [5, 5.41) is 4.57. The average molecular weight is 430 g/mol. The molecule has 0 unspecified atom stereocenters. The zero-order valence-corrected chi connectivity index (χ0v) is 17.3. The molecule has 0 saturated carbocycles. The van der Waals surface area contributed by atoms with E-state index < -0.39 is 11.9 Å². The monoisotopic (exact) mass is 430 g/mol. The van der Waals surface area contributed by atoms with E-state index in [9.17, 15) is 9.59 Å². The zero-order valence-electron chi connectivity index (χ0n) is 17.3. The summed E-state index contributed by atoms with van der Waals surface area (Å²) in [4.78, 5) is 33.5. The van der Waals surface area contributed by atoms with E-state index in [2.05, 4.69) is 15.1 Å². The van der Waals surface area contributed by atoms with Crippen LogP contribution in [0.25, 0.3) is 16.9 Å². The zero-order chi connectivity index (χ0) is 22.5. The van der Waals surface area contributed by atoms with Crippen LogP contribution in [0.3, 0.4) is 0 Å². The molecule has 0 atom stereocenters. The molecule has 9 heteroatoms. The number of ether oxygens (including phenoxy) is 3. The molecule has 4 aromatic rings. The highest BCUT2D eigenvalue weighted by molar-refractivity contribution is 6.06. The molecule has 0 aliphatic rings. The topological polar surface area (TPSA) is 105 Å². The number of aromatic nitrogens is 4. The highest BCUT2D eigenvalue weighted by Crippen LogP contribution is 2.32. The normalized spacial score (nSPS) is 10.4. The minimum absolute atomic E-state index is 0.0140. The molecule has 2 heterocycles. The third-order valence-corrected chi connectivity index (χ3v) is 4.52. The molecular weight excluding hydrogens is 412 g/mol. The van der Waals surface area contributed by atoms with Crippen molar-refractivity contribution in [1.29, 1.82) is 0 Å². The molecule has 0 aliphatic carbocycles. The lowest BCUT2D eigenvalue weighted by Gasteiger charge is -2.07. The number of rotatable bonds is 6. The van der Waals surface area contributed by atoms with Crippen LogP contribution in [0.4, 0.5) is 0 Å². The maximum atomic E-state index is 12.7. The number of para-hydroxylation sites is 1. The number of esters is 2. The van der Waals surface area contributed by atoms with Crippen molar-refractivity contribution in [2.45, 2.75) is 0 Å². The molecule has 2 aromatic heterocycles. The lowest BCUT2D eigenvalue weighted by Crippen LogP contribution is -2.15. The molecule has 160 valence electrons. The number of carbonyl (C=O) groups is 2. The van der Waals surface area contributed by atoms with Gasteiger partial charge in [-0.3, -0.25) is 4.98 Å². The van der Waals surface area contributed by atoms with Crippen molar-refractivity contribution in [3.05, 3.63) is 84.4 Å². The minimum Gasteiger partial charge on any atom is -0.465 e. The van der Waals surface area contributed by atoms with Gasteiger partial charge in [-0.25, -0.2) is 19.3 Å². The van der Waals surface area contributed by atoms with Gasteiger partial charge in [-0.1, -0.05) is 30.3 Å². The second-order valence-electron chi connectivity index (χ2n) is 6.48. The first-order valence-electron chi connectivity index (χ1n) is 9.51. The first kappa shape index (κ1) is 20.7. The van der Waals surface area contributed by atoms with Gasteiger partial charge >= 0.3 is 11.9 Å². The molecule has 0 aliphatic heterocycles. The maximum Gasteiger partial charge on any atom is 0.357 e. The average Bonchev–Trinajstić information content (AvgIpc) is 3.25. The Labute approximate surface area is 183 Å². The van der Waals surface area contributed by atoms with E-state index >= 15 is 0 Å². The molecule has 9 nitrogen and oxygen atoms in total. The Hall–Kier alpha value is -4.53. The summed E-state index contributed by atoms with van der Waals surface area (Å²) in [5.41, 5.74) is 1.30. The Balaban J connectivity index is 1.89. The quantitative estimate of drug-likeness (QED) is 0.427. The first-order valence-corrected chi connectivity index (χ1v) is 9.51. The lowest BCUT2D eigenvalue weighted by molar-refractivity contribution is 0.0549. The van der Waals surface area contributed by atoms with Gasteiger partial charge in [0.2, 0.25) is 5.88 Å². The van der Waals surface area contributed by atoms with E-state index in [1.165, 1.54) is 37.5 Å². The van der Waals surface area contributed by atoms with Crippen LogP contribution in [-0.4, -0.2) is 45.9 Å². The predicted octanol–water partition coefficient (Wildman–Crippen LogP) is 3.69. The van der Waals surface area contributed by atoms with E-state index in [0.29, 0.717) is 22.9 Å². The standard InChI is InChI=1S/C23H18N4O5/c1-30-22(28)19-20(15-7-6-10-17(13-15)32-18-14-24-11-12-25-18)26-27(21(19)23(29)31-2)16-8-4-3-5-9-16/h3-14H,1-2H3. The SMILES string of the molecule is COC(=O)c1c(-c2cccc(Oc3cnccn3)c2)nn(-c2ccccc2)c1C(=O)OC. The number of nitrogens with zero attached hydrogens (tertiary/aromatic N) is 4. The molecule has 0 fully saturated rings. The van der Waals surface area contributed by atoms with Crippen molar-refractivity contribution in [3.63, 3.8) is 0 Å². The lowest BCUT2D eigenvalue weighted by atomic mass is 10.1. The van der Waals surface area contributed by atoms with Gasteiger partial charge in [0, 0.05) is 18.0 Å². The highest BCUT2D eigenvalue weighted by atomic mass is 16.5. The van der Waals surface area contributed by atoms with Gasteiger partial charge in [0.25, 0.3) is 0 Å². The van der Waals surface area contributed by atoms with Crippen molar-refractivity contribution in [2.75, 3.05) is 14.2 Å². The van der Waals surface area contributed by atoms with Gasteiger partial charge in [0.1, 0.15) is 17.0 Å². The Morgan fingerprint density at radius 2 is 1.69 bits per heavy atom. The van der Waals surface area contributed by atoms with Gasteiger partial charge in [-0.2, -0.15) is 5.10 Å². The largest absolute Gasteiger partial charge is 0.465 e. The van der Waals surface area contributed by atoms with Gasteiger partial charge in [0.05, 0.1) is 26.1 Å². The fourth-order valence-electron chi connectivity index (χ4n) is 3.12. The highest BCUT2D eigenvalue weighted by Gasteiger charge is 2.31. The molecular formula is C23H18N4O5. The van der Waals surface area contributed by atoms with Crippen LogP contribution in [0, 0.1) is 0 Å². The summed E-state index contributed by atoms with van der Waals surface area (Å²) >= 11 is 0. The Kier molecular flexibility index (Phi) is 5.89. The Morgan fingerprint density at radius 1 is 0.906 bits per heavy atom. The molecule has 0 spiro atoms. The fraction of sp³-hybridized carbons (Fsp3) is 0.0870. The van der Waals surface area contributed by atoms with Crippen LogP contribution in [0.1, 0.15) is 20.8 Å². The molecule has 0 radical (unpaired) electrons. The molecule has 4 rings (SSSR count). The molecule has 0 amide bonds. The van der Waals surface area contributed by atoms with E-state index in [4.69, 9.17) is 14.2 Å².